The Morgan fingerprint density at radius 1 is 0.636 bits per heavy atom. The van der Waals surface area contributed by atoms with Gasteiger partial charge in [-0.25, -0.2) is 0 Å². The lowest BCUT2D eigenvalue weighted by atomic mass is 10.0. The first-order chi connectivity index (χ1) is 10.4. The molecule has 0 heterocycles. The minimum absolute atomic E-state index is 0.323. The summed E-state index contributed by atoms with van der Waals surface area (Å²) in [4.78, 5) is 10.3. The van der Waals surface area contributed by atoms with Gasteiger partial charge in [0.05, 0.1) is 0 Å². The van der Waals surface area contributed by atoms with Crippen LogP contribution in [0.2, 0.25) is 6.04 Å². The van der Waals surface area contributed by atoms with Gasteiger partial charge in [0.15, 0.2) is 0 Å². The zero-order valence-electron chi connectivity index (χ0n) is 13.6. The van der Waals surface area contributed by atoms with Crippen LogP contribution < -0.4 is 0 Å². The average molecular weight is 390 g/mol. The number of carboxylic acids is 1. The minimum Gasteiger partial charge on any atom is -0.481 e. The van der Waals surface area contributed by atoms with Crippen LogP contribution in [0, 0.1) is 0 Å². The summed E-state index contributed by atoms with van der Waals surface area (Å²) in [5.74, 6) is -0.672. The predicted octanol–water partition coefficient (Wildman–Crippen LogP) is 7.19. The molecule has 0 atom stereocenters. The van der Waals surface area contributed by atoms with Crippen LogP contribution in [0.4, 0.5) is 0 Å². The summed E-state index contributed by atoms with van der Waals surface area (Å²) in [5.41, 5.74) is 0. The highest BCUT2D eigenvalue weighted by Gasteiger charge is 2.23. The first kappa shape index (κ1) is 22.6. The lowest BCUT2D eigenvalue weighted by Gasteiger charge is -2.06. The van der Waals surface area contributed by atoms with Crippen molar-refractivity contribution in [3.8, 4) is 0 Å². The van der Waals surface area contributed by atoms with E-state index >= 15 is 0 Å². The molecule has 0 radical (unpaired) electrons. The van der Waals surface area contributed by atoms with Gasteiger partial charge in [-0.2, -0.15) is 0 Å². The fraction of sp³-hybridized carbons (Fsp3) is 0.938. The fourth-order valence-corrected chi connectivity index (χ4v) is 4.40. The number of unbranched alkanes of at least 4 members (excludes halogenated alkanes) is 12. The van der Waals surface area contributed by atoms with E-state index in [-0.39, 0.29) is 0 Å². The number of carbonyl (C=O) groups is 1. The fourth-order valence-electron chi connectivity index (χ4n) is 2.55. The SMILES string of the molecule is O=C(O)CCCCCCCCCCCCCCC[Si](Cl)(Cl)Cl. The largest absolute Gasteiger partial charge is 0.481 e. The molecule has 0 aromatic rings. The van der Waals surface area contributed by atoms with Crippen molar-refractivity contribution in [3.05, 3.63) is 0 Å². The molecular formula is C16H31Cl3O2Si. The molecule has 0 saturated heterocycles. The highest BCUT2D eigenvalue weighted by Crippen LogP contribution is 2.27. The van der Waals surface area contributed by atoms with Gasteiger partial charge in [-0.15, -0.1) is 33.2 Å². The lowest BCUT2D eigenvalue weighted by molar-refractivity contribution is -0.137. The Morgan fingerprint density at radius 3 is 1.27 bits per heavy atom. The normalized spacial score (nSPS) is 11.8. The standard InChI is InChI=1S/C16H31Cl3O2Si/c17-22(18,19)15-13-11-9-7-5-3-1-2-4-6-8-10-12-14-16(20)21/h1-15H2,(H,20,21). The quantitative estimate of drug-likeness (QED) is 0.172. The van der Waals surface area contributed by atoms with E-state index < -0.39 is 12.0 Å². The van der Waals surface area contributed by atoms with Crippen LogP contribution in [0.25, 0.3) is 0 Å². The zero-order chi connectivity index (χ0) is 16.7. The molecule has 0 fully saturated rings. The van der Waals surface area contributed by atoms with Crippen LogP contribution >= 0.6 is 33.2 Å². The van der Waals surface area contributed by atoms with E-state index in [9.17, 15) is 4.79 Å². The molecule has 0 spiro atoms. The van der Waals surface area contributed by atoms with Gasteiger partial charge in [0, 0.05) is 6.42 Å². The molecule has 1 N–H and O–H groups in total. The summed E-state index contributed by atoms with van der Waals surface area (Å²) < 4.78 is 0. The van der Waals surface area contributed by atoms with Gasteiger partial charge in [-0.05, 0) is 12.5 Å². The van der Waals surface area contributed by atoms with Gasteiger partial charge in [-0.1, -0.05) is 77.0 Å². The van der Waals surface area contributed by atoms with Crippen LogP contribution in [-0.2, 0) is 4.79 Å². The van der Waals surface area contributed by atoms with E-state index in [1.807, 2.05) is 0 Å². The summed E-state index contributed by atoms with van der Waals surface area (Å²) in [6.45, 7) is 0. The lowest BCUT2D eigenvalue weighted by Crippen LogP contribution is -2.07. The van der Waals surface area contributed by atoms with Crippen LogP contribution in [0.15, 0.2) is 0 Å². The number of halogens is 3. The van der Waals surface area contributed by atoms with Gasteiger partial charge in [-0.3, -0.25) is 4.79 Å². The molecule has 22 heavy (non-hydrogen) atoms. The number of aliphatic carboxylic acids is 1. The minimum atomic E-state index is -2.38. The highest BCUT2D eigenvalue weighted by atomic mass is 35.8. The third kappa shape index (κ3) is 20.6. The Balaban J connectivity index is 3.04. The molecule has 0 saturated carbocycles. The summed E-state index contributed by atoms with van der Waals surface area (Å²) in [5, 5.41) is 8.52. The molecule has 0 unspecified atom stereocenters. The molecule has 0 rings (SSSR count). The maximum atomic E-state index is 10.3. The molecule has 0 aliphatic carbocycles. The predicted molar refractivity (Wildman–Crippen MR) is 100 cm³/mol. The van der Waals surface area contributed by atoms with E-state index in [0.29, 0.717) is 6.42 Å². The molecule has 0 aromatic carbocycles. The third-order valence-corrected chi connectivity index (χ3v) is 6.47. The van der Waals surface area contributed by atoms with Crippen molar-refractivity contribution in [1.29, 1.82) is 0 Å². The van der Waals surface area contributed by atoms with Crippen LogP contribution in [0.1, 0.15) is 89.9 Å². The van der Waals surface area contributed by atoms with Crippen molar-refractivity contribution >= 4 is 45.2 Å². The molecule has 0 aliphatic rings. The Hall–Kier alpha value is 0.557. The molecule has 0 aromatic heterocycles. The van der Waals surface area contributed by atoms with E-state index in [1.165, 1.54) is 64.2 Å². The first-order valence-corrected chi connectivity index (χ1v) is 13.9. The van der Waals surface area contributed by atoms with Crippen molar-refractivity contribution in [2.45, 2.75) is 95.9 Å². The van der Waals surface area contributed by atoms with Gasteiger partial charge in [0.2, 0.25) is 0 Å². The number of hydrogen-bond acceptors (Lipinski definition) is 1. The van der Waals surface area contributed by atoms with Gasteiger partial charge >= 0.3 is 12.0 Å². The number of carboxylic acid groups (broad SMARTS) is 1. The number of hydrogen-bond donors (Lipinski definition) is 1. The van der Waals surface area contributed by atoms with Crippen molar-refractivity contribution < 1.29 is 9.90 Å². The summed E-state index contributed by atoms with van der Waals surface area (Å²) in [7, 11) is 0. The topological polar surface area (TPSA) is 37.3 Å². The van der Waals surface area contributed by atoms with Gasteiger partial charge < -0.3 is 5.11 Å². The van der Waals surface area contributed by atoms with Gasteiger partial charge in [0.1, 0.15) is 0 Å². The maximum Gasteiger partial charge on any atom is 0.341 e. The molecule has 0 bridgehead atoms. The van der Waals surface area contributed by atoms with E-state index in [2.05, 4.69) is 0 Å². The zero-order valence-corrected chi connectivity index (χ0v) is 16.9. The molecule has 132 valence electrons. The van der Waals surface area contributed by atoms with Crippen molar-refractivity contribution in [3.63, 3.8) is 0 Å². The van der Waals surface area contributed by atoms with Gasteiger partial charge in [0.25, 0.3) is 0 Å². The Morgan fingerprint density at radius 2 is 0.955 bits per heavy atom. The Labute approximate surface area is 151 Å². The van der Waals surface area contributed by atoms with E-state index in [0.717, 1.165) is 25.3 Å². The first-order valence-electron chi connectivity index (χ1n) is 8.70. The Bertz CT molecular complexity index is 271. The van der Waals surface area contributed by atoms with E-state index in [1.54, 1.807) is 0 Å². The van der Waals surface area contributed by atoms with Crippen molar-refractivity contribution in [2.75, 3.05) is 0 Å². The maximum absolute atomic E-state index is 10.3. The van der Waals surface area contributed by atoms with Crippen LogP contribution in [-0.4, -0.2) is 17.1 Å². The average Bonchev–Trinajstić information content (AvgIpc) is 2.41. The third-order valence-electron chi connectivity index (χ3n) is 3.85. The second-order valence-electron chi connectivity index (χ2n) is 6.11. The smallest absolute Gasteiger partial charge is 0.341 e. The van der Waals surface area contributed by atoms with E-state index in [4.69, 9.17) is 38.3 Å². The summed E-state index contributed by atoms with van der Waals surface area (Å²) >= 11 is 17.5. The highest BCUT2D eigenvalue weighted by molar-refractivity contribution is 7.64. The number of rotatable bonds is 16. The Kier molecular flexibility index (Phi) is 15.5. The van der Waals surface area contributed by atoms with Crippen LogP contribution in [0.3, 0.4) is 0 Å². The second-order valence-corrected chi connectivity index (χ2v) is 15.4. The molecule has 6 heteroatoms. The van der Waals surface area contributed by atoms with Crippen molar-refractivity contribution in [2.24, 2.45) is 0 Å². The molecule has 0 aliphatic heterocycles. The summed E-state index contributed by atoms with van der Waals surface area (Å²) in [6.07, 6.45) is 16.1. The van der Waals surface area contributed by atoms with Crippen molar-refractivity contribution in [1.82, 2.24) is 0 Å². The molecular weight excluding hydrogens is 359 g/mol. The second kappa shape index (κ2) is 15.1. The summed E-state index contributed by atoms with van der Waals surface area (Å²) in [6, 6.07) is -1.58. The van der Waals surface area contributed by atoms with Crippen LogP contribution in [0.5, 0.6) is 0 Å². The molecule has 0 amide bonds. The monoisotopic (exact) mass is 388 g/mol. The molecule has 2 nitrogen and oxygen atoms in total.